The van der Waals surface area contributed by atoms with Crippen LogP contribution in [0.3, 0.4) is 0 Å². The molecule has 26 heavy (non-hydrogen) atoms. The van der Waals surface area contributed by atoms with Crippen molar-refractivity contribution >= 4 is 16.8 Å². The van der Waals surface area contributed by atoms with Gasteiger partial charge in [0.2, 0.25) is 5.78 Å². The van der Waals surface area contributed by atoms with Crippen molar-refractivity contribution in [2.24, 2.45) is 0 Å². The van der Waals surface area contributed by atoms with Crippen LogP contribution in [-0.4, -0.2) is 15.8 Å². The first-order valence-electron chi connectivity index (χ1n) is 7.76. The van der Waals surface area contributed by atoms with Crippen molar-refractivity contribution in [3.63, 3.8) is 0 Å². The molecule has 0 aliphatic carbocycles. The molecule has 1 N–H and O–H groups in total. The van der Waals surface area contributed by atoms with Gasteiger partial charge in [-0.05, 0) is 35.9 Å². The maximum absolute atomic E-state index is 14.0. The molecule has 2 aromatic carbocycles. The summed E-state index contributed by atoms with van der Waals surface area (Å²) >= 11 is 0. The number of H-pyrrole nitrogens is 1. The number of benzene rings is 2. The van der Waals surface area contributed by atoms with Gasteiger partial charge in [-0.15, -0.1) is 0 Å². The molecule has 0 saturated heterocycles. The summed E-state index contributed by atoms with van der Waals surface area (Å²) in [5.74, 6) is -2.99. The highest BCUT2D eigenvalue weighted by Crippen LogP contribution is 2.27. The smallest absolute Gasteiger partial charge is 0.201 e. The average Bonchev–Trinajstić information content (AvgIpc) is 3.05. The number of carbonyl (C=O) groups is 1. The van der Waals surface area contributed by atoms with Crippen molar-refractivity contribution in [3.8, 4) is 11.1 Å². The van der Waals surface area contributed by atoms with Crippen LogP contribution in [0.4, 0.5) is 13.2 Å². The van der Waals surface area contributed by atoms with Crippen LogP contribution in [0.5, 0.6) is 0 Å². The van der Waals surface area contributed by atoms with Crippen molar-refractivity contribution in [1.29, 1.82) is 0 Å². The highest BCUT2D eigenvalue weighted by atomic mass is 19.1. The lowest BCUT2D eigenvalue weighted by atomic mass is 10.0. The van der Waals surface area contributed by atoms with E-state index in [2.05, 4.69) is 9.97 Å². The van der Waals surface area contributed by atoms with E-state index in [1.54, 1.807) is 24.4 Å². The summed E-state index contributed by atoms with van der Waals surface area (Å²) in [5.41, 5.74) is 1.27. The number of ketones is 1. The van der Waals surface area contributed by atoms with Gasteiger partial charge in [-0.25, -0.2) is 18.2 Å². The minimum Gasteiger partial charge on any atom is -0.345 e. The third-order valence-electron chi connectivity index (χ3n) is 4.14. The van der Waals surface area contributed by atoms with Gasteiger partial charge in [-0.1, -0.05) is 18.2 Å². The molecular weight excluding hydrogens is 341 g/mol. The Balaban J connectivity index is 1.85. The summed E-state index contributed by atoms with van der Waals surface area (Å²) in [4.78, 5) is 19.7. The van der Waals surface area contributed by atoms with Crippen LogP contribution in [0.2, 0.25) is 0 Å². The van der Waals surface area contributed by atoms with E-state index in [9.17, 15) is 18.0 Å². The van der Waals surface area contributed by atoms with Gasteiger partial charge in [0.25, 0.3) is 0 Å². The fourth-order valence-corrected chi connectivity index (χ4v) is 2.84. The molecular formula is C20H11F3N2O. The second-order valence-electron chi connectivity index (χ2n) is 5.76. The van der Waals surface area contributed by atoms with Gasteiger partial charge in [-0.3, -0.25) is 4.79 Å². The number of fused-ring (bicyclic) bond motifs is 1. The van der Waals surface area contributed by atoms with Crippen LogP contribution in [0.15, 0.2) is 60.9 Å². The molecule has 2 heterocycles. The quantitative estimate of drug-likeness (QED) is 0.534. The SMILES string of the molecule is O=C(c1c(F)cccc1F)c1c[nH]c2ncc(-c3ccc(F)cc3)cc12. The highest BCUT2D eigenvalue weighted by Gasteiger charge is 2.22. The molecule has 0 spiro atoms. The van der Waals surface area contributed by atoms with E-state index < -0.39 is 23.0 Å². The molecule has 6 heteroatoms. The summed E-state index contributed by atoms with van der Waals surface area (Å²) < 4.78 is 41.0. The molecule has 4 aromatic rings. The molecule has 4 rings (SSSR count). The predicted molar refractivity (Wildman–Crippen MR) is 91.3 cm³/mol. The van der Waals surface area contributed by atoms with Crippen LogP contribution in [0.25, 0.3) is 22.2 Å². The minimum absolute atomic E-state index is 0.112. The lowest BCUT2D eigenvalue weighted by molar-refractivity contribution is 0.103. The first kappa shape index (κ1) is 16.1. The van der Waals surface area contributed by atoms with Gasteiger partial charge in [0, 0.05) is 28.9 Å². The van der Waals surface area contributed by atoms with E-state index in [1.165, 1.54) is 24.4 Å². The first-order valence-corrected chi connectivity index (χ1v) is 7.76. The number of hydrogen-bond acceptors (Lipinski definition) is 2. The van der Waals surface area contributed by atoms with Crippen molar-refractivity contribution in [1.82, 2.24) is 9.97 Å². The van der Waals surface area contributed by atoms with E-state index >= 15 is 0 Å². The number of aromatic amines is 1. The molecule has 0 radical (unpaired) electrons. The standard InChI is InChI=1S/C20H11F3N2O/c21-13-6-4-11(5-7-13)12-8-14-15(10-25-20(14)24-9-12)19(26)18-16(22)2-1-3-17(18)23/h1-10H,(H,24,25). The topological polar surface area (TPSA) is 45.8 Å². The second-order valence-corrected chi connectivity index (χ2v) is 5.76. The highest BCUT2D eigenvalue weighted by molar-refractivity contribution is 6.16. The maximum atomic E-state index is 14.0. The summed E-state index contributed by atoms with van der Waals surface area (Å²) in [6.07, 6.45) is 2.95. The van der Waals surface area contributed by atoms with Gasteiger partial charge in [0.15, 0.2) is 0 Å². The van der Waals surface area contributed by atoms with E-state index in [4.69, 9.17) is 0 Å². The summed E-state index contributed by atoms with van der Waals surface area (Å²) in [7, 11) is 0. The number of halogens is 3. The Morgan fingerprint density at radius 1 is 0.923 bits per heavy atom. The van der Waals surface area contributed by atoms with Crippen molar-refractivity contribution in [2.45, 2.75) is 0 Å². The lowest BCUT2D eigenvalue weighted by Gasteiger charge is -2.05. The normalized spacial score (nSPS) is 11.0. The third-order valence-corrected chi connectivity index (χ3v) is 4.14. The number of carbonyl (C=O) groups excluding carboxylic acids is 1. The summed E-state index contributed by atoms with van der Waals surface area (Å²) in [5, 5.41) is 0.430. The summed E-state index contributed by atoms with van der Waals surface area (Å²) in [6, 6.07) is 10.8. The van der Waals surface area contributed by atoms with Gasteiger partial charge in [0.05, 0.1) is 5.56 Å². The van der Waals surface area contributed by atoms with Gasteiger partial charge < -0.3 is 4.98 Å². The lowest BCUT2D eigenvalue weighted by Crippen LogP contribution is -2.07. The predicted octanol–water partition coefficient (Wildman–Crippen LogP) is 4.88. The van der Waals surface area contributed by atoms with Gasteiger partial charge in [0.1, 0.15) is 23.1 Å². The molecule has 0 bridgehead atoms. The van der Waals surface area contributed by atoms with E-state index in [0.717, 1.165) is 12.1 Å². The third kappa shape index (κ3) is 2.65. The molecule has 128 valence electrons. The number of nitrogens with one attached hydrogen (secondary N) is 1. The molecule has 0 unspecified atom stereocenters. The van der Waals surface area contributed by atoms with Crippen LogP contribution in [-0.2, 0) is 0 Å². The van der Waals surface area contributed by atoms with E-state index in [1.807, 2.05) is 0 Å². The Morgan fingerprint density at radius 2 is 1.62 bits per heavy atom. The van der Waals surface area contributed by atoms with Crippen LogP contribution in [0, 0.1) is 17.5 Å². The fourth-order valence-electron chi connectivity index (χ4n) is 2.84. The Bertz CT molecular complexity index is 1110. The first-order chi connectivity index (χ1) is 12.5. The molecule has 2 aromatic heterocycles. The Labute approximate surface area is 146 Å². The zero-order valence-corrected chi connectivity index (χ0v) is 13.3. The van der Waals surface area contributed by atoms with Crippen LogP contribution >= 0.6 is 0 Å². The summed E-state index contributed by atoms with van der Waals surface area (Å²) in [6.45, 7) is 0. The number of rotatable bonds is 3. The van der Waals surface area contributed by atoms with Gasteiger partial charge in [-0.2, -0.15) is 0 Å². The largest absolute Gasteiger partial charge is 0.345 e. The minimum atomic E-state index is -0.924. The van der Waals surface area contributed by atoms with Crippen LogP contribution < -0.4 is 0 Å². The number of aromatic nitrogens is 2. The number of hydrogen-bond donors (Lipinski definition) is 1. The van der Waals surface area contributed by atoms with Crippen molar-refractivity contribution in [2.75, 3.05) is 0 Å². The number of nitrogens with zero attached hydrogens (tertiary/aromatic N) is 1. The van der Waals surface area contributed by atoms with Crippen molar-refractivity contribution < 1.29 is 18.0 Å². The van der Waals surface area contributed by atoms with Crippen LogP contribution in [0.1, 0.15) is 15.9 Å². The molecule has 0 amide bonds. The second kappa shape index (κ2) is 6.15. The Morgan fingerprint density at radius 3 is 2.31 bits per heavy atom. The molecule has 0 saturated carbocycles. The monoisotopic (exact) mass is 352 g/mol. The fraction of sp³-hybridized carbons (Fsp3) is 0. The van der Waals surface area contributed by atoms with E-state index in [0.29, 0.717) is 22.2 Å². The molecule has 3 nitrogen and oxygen atoms in total. The van der Waals surface area contributed by atoms with Gasteiger partial charge >= 0.3 is 0 Å². The molecule has 0 atom stereocenters. The molecule has 0 aliphatic heterocycles. The van der Waals surface area contributed by atoms with Crippen molar-refractivity contribution in [3.05, 3.63) is 89.5 Å². The van der Waals surface area contributed by atoms with E-state index in [-0.39, 0.29) is 11.4 Å². The zero-order chi connectivity index (χ0) is 18.3. The zero-order valence-electron chi connectivity index (χ0n) is 13.3. The molecule has 0 fully saturated rings. The Hall–Kier alpha value is -3.41. The Kier molecular flexibility index (Phi) is 3.80. The maximum Gasteiger partial charge on any atom is 0.201 e. The number of pyridine rings is 1. The average molecular weight is 352 g/mol. The molecule has 0 aliphatic rings.